The van der Waals surface area contributed by atoms with Crippen molar-refractivity contribution in [3.05, 3.63) is 5.69 Å². The number of anilines is 1. The topological polar surface area (TPSA) is 56.7 Å². The van der Waals surface area contributed by atoms with Crippen molar-refractivity contribution in [2.24, 2.45) is 0 Å². The summed E-state index contributed by atoms with van der Waals surface area (Å²) in [6, 6.07) is 0. The Morgan fingerprint density at radius 3 is 2.86 bits per heavy atom. The summed E-state index contributed by atoms with van der Waals surface area (Å²) in [5.74, 6) is 2.94. The summed E-state index contributed by atoms with van der Waals surface area (Å²) in [4.78, 5) is 0. The summed E-state index contributed by atoms with van der Waals surface area (Å²) in [6.45, 7) is 5.18. The highest BCUT2D eigenvalue weighted by Gasteiger charge is 2.06. The maximum absolute atomic E-state index is 5.68. The Bertz CT molecular complexity index is 272. The van der Waals surface area contributed by atoms with Crippen LogP contribution in [0.1, 0.15) is 26.0 Å². The van der Waals surface area contributed by atoms with Crippen LogP contribution in [0.4, 0.5) is 5.82 Å². The fourth-order valence-corrected chi connectivity index (χ4v) is 1.97. The molecule has 0 radical (unpaired) electrons. The van der Waals surface area contributed by atoms with Gasteiger partial charge < -0.3 is 5.73 Å². The van der Waals surface area contributed by atoms with Crippen molar-refractivity contribution in [1.29, 1.82) is 0 Å². The Labute approximate surface area is 89.2 Å². The highest BCUT2D eigenvalue weighted by atomic mass is 32.2. The van der Waals surface area contributed by atoms with E-state index in [1.165, 1.54) is 11.5 Å². The van der Waals surface area contributed by atoms with Crippen molar-refractivity contribution in [3.8, 4) is 0 Å². The van der Waals surface area contributed by atoms with Crippen LogP contribution in [0.15, 0.2) is 0 Å². The van der Waals surface area contributed by atoms with Gasteiger partial charge in [-0.25, -0.2) is 4.68 Å². The molecule has 1 heterocycles. The van der Waals surface area contributed by atoms with Crippen molar-refractivity contribution in [1.82, 2.24) is 15.0 Å². The standard InChI is InChI=1S/C9H18N4S/c1-3-8-9(10)11-12-13(8)6-5-7-14-4-2/h3-7,10H2,1-2H3. The molecular formula is C9H18N4S. The van der Waals surface area contributed by atoms with Gasteiger partial charge in [0.2, 0.25) is 0 Å². The van der Waals surface area contributed by atoms with Crippen LogP contribution in [-0.2, 0) is 13.0 Å². The summed E-state index contributed by atoms with van der Waals surface area (Å²) in [5, 5.41) is 7.89. The number of hydrogen-bond donors (Lipinski definition) is 1. The van der Waals surface area contributed by atoms with Gasteiger partial charge >= 0.3 is 0 Å². The monoisotopic (exact) mass is 214 g/mol. The first-order chi connectivity index (χ1) is 6.79. The summed E-state index contributed by atoms with van der Waals surface area (Å²) < 4.78 is 1.92. The molecule has 0 unspecified atom stereocenters. The fourth-order valence-electron chi connectivity index (χ4n) is 1.35. The molecule has 0 spiro atoms. The van der Waals surface area contributed by atoms with Crippen LogP contribution in [0.3, 0.4) is 0 Å². The second kappa shape index (κ2) is 5.90. The summed E-state index contributed by atoms with van der Waals surface area (Å²) in [6.07, 6.45) is 2.04. The first-order valence-corrected chi connectivity index (χ1v) is 6.20. The van der Waals surface area contributed by atoms with Crippen LogP contribution in [0.25, 0.3) is 0 Å². The second-order valence-corrected chi connectivity index (χ2v) is 4.44. The SMILES string of the molecule is CCSCCCn1nnc(N)c1CC. The molecule has 0 aliphatic rings. The van der Waals surface area contributed by atoms with E-state index in [9.17, 15) is 0 Å². The Balaban J connectivity index is 2.42. The normalized spacial score (nSPS) is 10.7. The molecule has 0 aliphatic heterocycles. The first kappa shape index (κ1) is 11.4. The van der Waals surface area contributed by atoms with E-state index >= 15 is 0 Å². The quantitative estimate of drug-likeness (QED) is 0.730. The van der Waals surface area contributed by atoms with Gasteiger partial charge in [0.05, 0.1) is 5.69 Å². The van der Waals surface area contributed by atoms with Gasteiger partial charge in [0.25, 0.3) is 0 Å². The van der Waals surface area contributed by atoms with Gasteiger partial charge in [0, 0.05) is 6.54 Å². The molecular weight excluding hydrogens is 196 g/mol. The average Bonchev–Trinajstić information content (AvgIpc) is 2.54. The molecule has 1 aromatic rings. The van der Waals surface area contributed by atoms with Gasteiger partial charge in [-0.15, -0.1) is 5.10 Å². The Hall–Kier alpha value is -0.710. The zero-order valence-electron chi connectivity index (χ0n) is 8.86. The lowest BCUT2D eigenvalue weighted by Crippen LogP contribution is -2.06. The number of aromatic nitrogens is 3. The zero-order valence-corrected chi connectivity index (χ0v) is 9.68. The Morgan fingerprint density at radius 2 is 2.21 bits per heavy atom. The average molecular weight is 214 g/mol. The molecule has 0 saturated carbocycles. The molecule has 0 saturated heterocycles. The predicted molar refractivity (Wildman–Crippen MR) is 61.4 cm³/mol. The number of thioether (sulfide) groups is 1. The number of rotatable bonds is 6. The molecule has 5 heteroatoms. The van der Waals surface area contributed by atoms with Crippen LogP contribution in [0, 0.1) is 0 Å². The van der Waals surface area contributed by atoms with Crippen molar-refractivity contribution < 1.29 is 0 Å². The van der Waals surface area contributed by atoms with E-state index in [0.29, 0.717) is 5.82 Å². The lowest BCUT2D eigenvalue weighted by molar-refractivity contribution is 0.560. The number of hydrogen-bond acceptors (Lipinski definition) is 4. The number of nitrogens with zero attached hydrogens (tertiary/aromatic N) is 3. The third-order valence-electron chi connectivity index (χ3n) is 2.07. The minimum absolute atomic E-state index is 0.579. The molecule has 2 N–H and O–H groups in total. The minimum atomic E-state index is 0.579. The third-order valence-corrected chi connectivity index (χ3v) is 3.05. The maximum atomic E-state index is 5.68. The molecule has 0 amide bonds. The van der Waals surface area contributed by atoms with Crippen LogP contribution in [0.2, 0.25) is 0 Å². The van der Waals surface area contributed by atoms with Gasteiger partial charge in [-0.3, -0.25) is 0 Å². The molecule has 0 atom stereocenters. The van der Waals surface area contributed by atoms with Crippen LogP contribution in [-0.4, -0.2) is 26.5 Å². The number of nitrogen functional groups attached to an aromatic ring is 1. The highest BCUT2D eigenvalue weighted by Crippen LogP contribution is 2.09. The van der Waals surface area contributed by atoms with Crippen molar-refractivity contribution in [2.75, 3.05) is 17.2 Å². The highest BCUT2D eigenvalue weighted by molar-refractivity contribution is 7.99. The van der Waals surface area contributed by atoms with Crippen LogP contribution in [0.5, 0.6) is 0 Å². The lowest BCUT2D eigenvalue weighted by atomic mass is 10.3. The second-order valence-electron chi connectivity index (χ2n) is 3.05. The third kappa shape index (κ3) is 2.90. The van der Waals surface area contributed by atoms with E-state index in [1.807, 2.05) is 16.4 Å². The molecule has 0 aromatic carbocycles. The Kier molecular flexibility index (Phi) is 4.79. The Morgan fingerprint density at radius 1 is 1.43 bits per heavy atom. The predicted octanol–water partition coefficient (Wildman–Crippen LogP) is 1.57. The fraction of sp³-hybridized carbons (Fsp3) is 0.778. The first-order valence-electron chi connectivity index (χ1n) is 5.05. The molecule has 14 heavy (non-hydrogen) atoms. The van der Waals surface area contributed by atoms with Crippen molar-refractivity contribution in [3.63, 3.8) is 0 Å². The molecule has 0 fully saturated rings. The minimum Gasteiger partial charge on any atom is -0.381 e. The van der Waals surface area contributed by atoms with Gasteiger partial charge in [0.1, 0.15) is 0 Å². The van der Waals surface area contributed by atoms with E-state index < -0.39 is 0 Å². The smallest absolute Gasteiger partial charge is 0.169 e. The summed E-state index contributed by atoms with van der Waals surface area (Å²) in [7, 11) is 0. The van der Waals surface area contributed by atoms with Crippen LogP contribution < -0.4 is 5.73 Å². The van der Waals surface area contributed by atoms with Gasteiger partial charge in [-0.1, -0.05) is 19.1 Å². The molecule has 4 nitrogen and oxygen atoms in total. The molecule has 0 bridgehead atoms. The summed E-state index contributed by atoms with van der Waals surface area (Å²) >= 11 is 1.95. The van der Waals surface area contributed by atoms with Crippen LogP contribution >= 0.6 is 11.8 Å². The molecule has 1 aromatic heterocycles. The van der Waals surface area contributed by atoms with Gasteiger partial charge in [0.15, 0.2) is 5.82 Å². The summed E-state index contributed by atoms with van der Waals surface area (Å²) in [5.41, 5.74) is 6.74. The largest absolute Gasteiger partial charge is 0.381 e. The molecule has 1 rings (SSSR count). The van der Waals surface area contributed by atoms with Gasteiger partial charge in [-0.2, -0.15) is 11.8 Å². The van der Waals surface area contributed by atoms with E-state index in [1.54, 1.807) is 0 Å². The van der Waals surface area contributed by atoms with E-state index in [-0.39, 0.29) is 0 Å². The van der Waals surface area contributed by atoms with E-state index in [0.717, 1.165) is 25.1 Å². The molecule has 80 valence electrons. The zero-order chi connectivity index (χ0) is 10.4. The molecule has 0 aliphatic carbocycles. The lowest BCUT2D eigenvalue weighted by Gasteiger charge is -2.03. The van der Waals surface area contributed by atoms with E-state index in [4.69, 9.17) is 5.73 Å². The van der Waals surface area contributed by atoms with Gasteiger partial charge in [-0.05, 0) is 24.3 Å². The number of nitrogens with two attached hydrogens (primary N) is 1. The number of aryl methyl sites for hydroxylation is 1. The van der Waals surface area contributed by atoms with E-state index in [2.05, 4.69) is 24.2 Å². The maximum Gasteiger partial charge on any atom is 0.169 e. The van der Waals surface area contributed by atoms with Crippen molar-refractivity contribution in [2.45, 2.75) is 33.2 Å². The van der Waals surface area contributed by atoms with Crippen molar-refractivity contribution >= 4 is 17.6 Å².